The summed E-state index contributed by atoms with van der Waals surface area (Å²) in [5, 5.41) is 11.5. The quantitative estimate of drug-likeness (QED) is 0.709. The van der Waals surface area contributed by atoms with Crippen LogP contribution in [0.4, 0.5) is 5.69 Å². The van der Waals surface area contributed by atoms with Gasteiger partial charge in [0.05, 0.1) is 12.0 Å². The van der Waals surface area contributed by atoms with E-state index in [-0.39, 0.29) is 23.9 Å². The molecular formula is C19H15N3O4. The molecule has 0 saturated carbocycles. The second-order valence-electron chi connectivity index (χ2n) is 5.39. The van der Waals surface area contributed by atoms with Gasteiger partial charge in [0.1, 0.15) is 5.75 Å². The number of nitrogens with zero attached hydrogens (tertiary/aromatic N) is 2. The van der Waals surface area contributed by atoms with Crippen LogP contribution in [0.2, 0.25) is 0 Å². The van der Waals surface area contributed by atoms with Crippen molar-refractivity contribution in [2.75, 3.05) is 5.32 Å². The molecule has 0 fully saturated rings. The van der Waals surface area contributed by atoms with E-state index in [0.29, 0.717) is 17.0 Å². The number of carboxylic acid groups (broad SMARTS) is 1. The van der Waals surface area contributed by atoms with E-state index in [1.807, 2.05) is 18.2 Å². The number of hydrogen-bond donors (Lipinski definition) is 2. The number of carboxylic acids is 1. The van der Waals surface area contributed by atoms with Crippen molar-refractivity contribution in [1.82, 2.24) is 9.97 Å². The molecule has 130 valence electrons. The van der Waals surface area contributed by atoms with E-state index >= 15 is 0 Å². The predicted octanol–water partition coefficient (Wildman–Crippen LogP) is 3.15. The van der Waals surface area contributed by atoms with Gasteiger partial charge in [-0.1, -0.05) is 30.3 Å². The Hall–Kier alpha value is -3.74. The Labute approximate surface area is 149 Å². The van der Waals surface area contributed by atoms with Crippen LogP contribution in [0.25, 0.3) is 0 Å². The molecule has 0 aliphatic heterocycles. The molecule has 26 heavy (non-hydrogen) atoms. The Balaban J connectivity index is 1.62. The lowest BCUT2D eigenvalue weighted by atomic mass is 10.1. The van der Waals surface area contributed by atoms with Crippen molar-refractivity contribution in [3.8, 4) is 11.8 Å². The number of carbonyl (C=O) groups is 2. The summed E-state index contributed by atoms with van der Waals surface area (Å²) in [5.74, 6) is -0.676. The minimum Gasteiger partial charge on any atom is -0.481 e. The van der Waals surface area contributed by atoms with E-state index in [4.69, 9.17) is 9.84 Å². The molecule has 0 aliphatic rings. The molecule has 2 N–H and O–H groups in total. The molecule has 1 heterocycles. The first-order chi connectivity index (χ1) is 12.6. The van der Waals surface area contributed by atoms with E-state index in [2.05, 4.69) is 15.3 Å². The van der Waals surface area contributed by atoms with Crippen LogP contribution in [0, 0.1) is 0 Å². The zero-order chi connectivity index (χ0) is 18.4. The van der Waals surface area contributed by atoms with Gasteiger partial charge in [-0.25, -0.2) is 9.97 Å². The van der Waals surface area contributed by atoms with E-state index in [1.54, 1.807) is 36.4 Å². The third-order valence-electron chi connectivity index (χ3n) is 3.41. The molecule has 0 unspecified atom stereocenters. The van der Waals surface area contributed by atoms with Gasteiger partial charge in [-0.05, 0) is 29.8 Å². The van der Waals surface area contributed by atoms with Crippen molar-refractivity contribution in [2.45, 2.75) is 6.42 Å². The number of anilines is 1. The molecule has 0 radical (unpaired) electrons. The van der Waals surface area contributed by atoms with E-state index in [1.165, 1.54) is 12.4 Å². The number of carbonyl (C=O) groups excluding carboxylic acids is 1. The number of nitrogens with one attached hydrogen (secondary N) is 1. The lowest BCUT2D eigenvalue weighted by Crippen LogP contribution is -2.13. The number of ether oxygens (including phenoxy) is 1. The van der Waals surface area contributed by atoms with Crippen molar-refractivity contribution in [1.29, 1.82) is 0 Å². The number of hydrogen-bond acceptors (Lipinski definition) is 5. The molecule has 7 heteroatoms. The Morgan fingerprint density at radius 2 is 1.62 bits per heavy atom. The first kappa shape index (κ1) is 17.1. The fraction of sp³-hybridized carbons (Fsp3) is 0.0526. The average Bonchev–Trinajstić information content (AvgIpc) is 2.64. The smallest absolute Gasteiger partial charge is 0.321 e. The van der Waals surface area contributed by atoms with Crippen molar-refractivity contribution >= 4 is 17.6 Å². The van der Waals surface area contributed by atoms with Crippen LogP contribution < -0.4 is 10.1 Å². The second-order valence-corrected chi connectivity index (χ2v) is 5.39. The van der Waals surface area contributed by atoms with Gasteiger partial charge < -0.3 is 15.2 Å². The van der Waals surface area contributed by atoms with E-state index in [0.717, 1.165) is 0 Å². The molecule has 0 bridgehead atoms. The third-order valence-corrected chi connectivity index (χ3v) is 3.41. The topological polar surface area (TPSA) is 101 Å². The summed E-state index contributed by atoms with van der Waals surface area (Å²) < 4.78 is 5.47. The number of aromatic nitrogens is 2. The fourth-order valence-corrected chi connectivity index (χ4v) is 2.16. The van der Waals surface area contributed by atoms with E-state index < -0.39 is 5.97 Å². The van der Waals surface area contributed by atoms with Crippen molar-refractivity contribution in [3.05, 3.63) is 78.1 Å². The van der Waals surface area contributed by atoms with Crippen LogP contribution in [0.15, 0.2) is 67.0 Å². The zero-order valence-electron chi connectivity index (χ0n) is 13.6. The monoisotopic (exact) mass is 349 g/mol. The third kappa shape index (κ3) is 4.64. The largest absolute Gasteiger partial charge is 0.481 e. The van der Waals surface area contributed by atoms with Gasteiger partial charge in [0.25, 0.3) is 5.91 Å². The van der Waals surface area contributed by atoms with E-state index in [9.17, 15) is 9.59 Å². The molecule has 0 aliphatic carbocycles. The molecule has 0 atom stereocenters. The summed E-state index contributed by atoms with van der Waals surface area (Å²) in [6.07, 6.45) is 2.68. The number of para-hydroxylation sites is 1. The van der Waals surface area contributed by atoms with Crippen LogP contribution in [-0.4, -0.2) is 27.0 Å². The van der Waals surface area contributed by atoms with Gasteiger partial charge in [-0.3, -0.25) is 9.59 Å². The lowest BCUT2D eigenvalue weighted by Gasteiger charge is -2.07. The normalized spacial score (nSPS) is 10.2. The second kappa shape index (κ2) is 7.89. The maximum Gasteiger partial charge on any atom is 0.321 e. The van der Waals surface area contributed by atoms with Crippen molar-refractivity contribution < 1.29 is 19.4 Å². The van der Waals surface area contributed by atoms with Gasteiger partial charge in [0.15, 0.2) is 0 Å². The highest BCUT2D eigenvalue weighted by Gasteiger charge is 2.09. The first-order valence-electron chi connectivity index (χ1n) is 7.77. The Morgan fingerprint density at radius 3 is 2.23 bits per heavy atom. The molecule has 0 saturated heterocycles. The summed E-state index contributed by atoms with van der Waals surface area (Å²) in [5.41, 5.74) is 1.48. The maximum absolute atomic E-state index is 12.2. The average molecular weight is 349 g/mol. The number of benzene rings is 2. The molecule has 3 aromatic rings. The SMILES string of the molecule is O=C(O)Cc1ccc(NC(=O)c2cnc(Oc3ccccc3)nc2)cc1. The summed E-state index contributed by atoms with van der Waals surface area (Å²) in [4.78, 5) is 30.9. The molecule has 1 aromatic heterocycles. The van der Waals surface area contributed by atoms with Gasteiger partial charge in [-0.15, -0.1) is 0 Å². The van der Waals surface area contributed by atoms with Crippen LogP contribution in [0.1, 0.15) is 15.9 Å². The minimum atomic E-state index is -0.906. The molecular weight excluding hydrogens is 334 g/mol. The molecule has 7 nitrogen and oxygen atoms in total. The lowest BCUT2D eigenvalue weighted by molar-refractivity contribution is -0.136. The zero-order valence-corrected chi connectivity index (χ0v) is 13.6. The number of aliphatic carboxylic acids is 1. The molecule has 0 spiro atoms. The minimum absolute atomic E-state index is 0.0645. The maximum atomic E-state index is 12.2. The fourth-order valence-electron chi connectivity index (χ4n) is 2.16. The highest BCUT2D eigenvalue weighted by atomic mass is 16.5. The molecule has 1 amide bonds. The Kier molecular flexibility index (Phi) is 5.19. The summed E-state index contributed by atoms with van der Waals surface area (Å²) in [6.45, 7) is 0. The number of rotatable bonds is 6. The molecule has 3 rings (SSSR count). The highest BCUT2D eigenvalue weighted by molar-refractivity contribution is 6.03. The summed E-state index contributed by atoms with van der Waals surface area (Å²) in [7, 11) is 0. The van der Waals surface area contributed by atoms with Crippen LogP contribution >= 0.6 is 0 Å². The van der Waals surface area contributed by atoms with Crippen molar-refractivity contribution in [3.63, 3.8) is 0 Å². The van der Waals surface area contributed by atoms with Crippen LogP contribution in [0.3, 0.4) is 0 Å². The van der Waals surface area contributed by atoms with Crippen molar-refractivity contribution in [2.24, 2.45) is 0 Å². The summed E-state index contributed by atoms with van der Waals surface area (Å²) in [6, 6.07) is 15.8. The Bertz CT molecular complexity index is 894. The number of amides is 1. The highest BCUT2D eigenvalue weighted by Crippen LogP contribution is 2.17. The van der Waals surface area contributed by atoms with Gasteiger partial charge in [0, 0.05) is 18.1 Å². The molecule has 2 aromatic carbocycles. The predicted molar refractivity (Wildman–Crippen MR) is 94.3 cm³/mol. The standard InChI is InChI=1S/C19H15N3O4/c23-17(24)10-13-6-8-15(9-7-13)22-18(25)14-11-20-19(21-12-14)26-16-4-2-1-3-5-16/h1-9,11-12H,10H2,(H,22,25)(H,23,24). The van der Waals surface area contributed by atoms with Gasteiger partial charge in [-0.2, -0.15) is 0 Å². The first-order valence-corrected chi connectivity index (χ1v) is 7.77. The Morgan fingerprint density at radius 1 is 0.962 bits per heavy atom. The van der Waals surface area contributed by atoms with Gasteiger partial charge >= 0.3 is 12.0 Å². The summed E-state index contributed by atoms with van der Waals surface area (Å²) >= 11 is 0. The van der Waals surface area contributed by atoms with Gasteiger partial charge in [0.2, 0.25) is 0 Å². The van der Waals surface area contributed by atoms with Crippen LogP contribution in [0.5, 0.6) is 11.8 Å². The van der Waals surface area contributed by atoms with Crippen LogP contribution in [-0.2, 0) is 11.2 Å².